The molecule has 25 heavy (non-hydrogen) atoms. The molecule has 1 N–H and O–H groups in total. The normalized spacial score (nSPS) is 10.7. The minimum Gasteiger partial charge on any atom is -0.302 e. The molecule has 0 atom stereocenters. The van der Waals surface area contributed by atoms with Crippen LogP contribution in [0.2, 0.25) is 0 Å². The van der Waals surface area contributed by atoms with Gasteiger partial charge in [0, 0.05) is 17.0 Å². The van der Waals surface area contributed by atoms with Crippen molar-refractivity contribution in [2.24, 2.45) is 5.92 Å². The van der Waals surface area contributed by atoms with Crippen LogP contribution in [0.25, 0.3) is 11.3 Å². The van der Waals surface area contributed by atoms with Crippen molar-refractivity contribution in [2.45, 2.75) is 13.8 Å². The molecule has 0 unspecified atom stereocenters. The van der Waals surface area contributed by atoms with Gasteiger partial charge in [0.2, 0.25) is 11.7 Å². The number of rotatable bonds is 5. The summed E-state index contributed by atoms with van der Waals surface area (Å²) in [5, 5.41) is 3.24. The molecule has 0 aliphatic rings. The Kier molecular flexibility index (Phi) is 5.05. The zero-order valence-electron chi connectivity index (χ0n) is 14.0. The standard InChI is InChI=1S/C20H18N2O2S/c1-13(2)19(24)22-20-21-16(14-9-5-3-6-10-14)18(25-20)17(23)15-11-7-4-8-12-15/h3-13H,1-2H3,(H,21,22,24). The number of carbonyl (C=O) groups is 2. The Hall–Kier alpha value is -2.79. The van der Waals surface area contributed by atoms with Crippen LogP contribution in [0.15, 0.2) is 60.7 Å². The highest BCUT2D eigenvalue weighted by molar-refractivity contribution is 7.18. The number of carbonyl (C=O) groups excluding carboxylic acids is 2. The summed E-state index contributed by atoms with van der Waals surface area (Å²) in [7, 11) is 0. The van der Waals surface area contributed by atoms with Gasteiger partial charge in [0.15, 0.2) is 5.13 Å². The number of anilines is 1. The number of benzene rings is 2. The minimum atomic E-state index is -0.155. The maximum Gasteiger partial charge on any atom is 0.228 e. The lowest BCUT2D eigenvalue weighted by molar-refractivity contribution is -0.118. The molecule has 3 rings (SSSR count). The SMILES string of the molecule is CC(C)C(=O)Nc1nc(-c2ccccc2)c(C(=O)c2ccccc2)s1. The van der Waals surface area contributed by atoms with Gasteiger partial charge in [0.1, 0.15) is 4.88 Å². The Balaban J connectivity index is 2.04. The number of amides is 1. The van der Waals surface area contributed by atoms with Crippen molar-refractivity contribution < 1.29 is 9.59 Å². The molecule has 0 saturated carbocycles. The van der Waals surface area contributed by atoms with E-state index in [1.807, 2.05) is 62.4 Å². The second kappa shape index (κ2) is 7.40. The summed E-state index contributed by atoms with van der Waals surface area (Å²) in [4.78, 5) is 30.0. The van der Waals surface area contributed by atoms with Crippen molar-refractivity contribution in [3.05, 3.63) is 71.1 Å². The number of ketones is 1. The van der Waals surface area contributed by atoms with Gasteiger partial charge in [-0.05, 0) is 0 Å². The molecule has 1 heterocycles. The molecule has 0 fully saturated rings. The Morgan fingerprint density at radius 1 is 0.960 bits per heavy atom. The van der Waals surface area contributed by atoms with Crippen molar-refractivity contribution in [1.29, 1.82) is 0 Å². The van der Waals surface area contributed by atoms with Crippen LogP contribution in [-0.2, 0) is 4.79 Å². The highest BCUT2D eigenvalue weighted by Crippen LogP contribution is 2.33. The van der Waals surface area contributed by atoms with E-state index in [9.17, 15) is 9.59 Å². The van der Waals surface area contributed by atoms with Gasteiger partial charge in [-0.15, -0.1) is 0 Å². The third kappa shape index (κ3) is 3.83. The molecule has 2 aromatic carbocycles. The predicted octanol–water partition coefficient (Wildman–Crippen LogP) is 4.64. The number of aromatic nitrogens is 1. The first-order chi connectivity index (χ1) is 12.1. The third-order valence-electron chi connectivity index (χ3n) is 3.67. The average molecular weight is 350 g/mol. The molecule has 0 bridgehead atoms. The smallest absolute Gasteiger partial charge is 0.228 e. The number of hydrogen-bond acceptors (Lipinski definition) is 4. The molecular formula is C20H18N2O2S. The monoisotopic (exact) mass is 350 g/mol. The molecule has 126 valence electrons. The highest BCUT2D eigenvalue weighted by Gasteiger charge is 2.22. The first-order valence-electron chi connectivity index (χ1n) is 8.03. The topological polar surface area (TPSA) is 59.1 Å². The fourth-order valence-electron chi connectivity index (χ4n) is 2.29. The van der Waals surface area contributed by atoms with E-state index in [-0.39, 0.29) is 17.6 Å². The van der Waals surface area contributed by atoms with Crippen molar-refractivity contribution in [2.75, 3.05) is 5.32 Å². The third-order valence-corrected chi connectivity index (χ3v) is 4.64. The van der Waals surface area contributed by atoms with Crippen LogP contribution in [0.4, 0.5) is 5.13 Å². The van der Waals surface area contributed by atoms with E-state index in [4.69, 9.17) is 0 Å². The van der Waals surface area contributed by atoms with Crippen molar-refractivity contribution in [3.8, 4) is 11.3 Å². The van der Waals surface area contributed by atoms with Gasteiger partial charge in [-0.2, -0.15) is 0 Å². The van der Waals surface area contributed by atoms with E-state index in [2.05, 4.69) is 10.3 Å². The van der Waals surface area contributed by atoms with Crippen molar-refractivity contribution in [3.63, 3.8) is 0 Å². The Morgan fingerprint density at radius 2 is 1.56 bits per heavy atom. The summed E-state index contributed by atoms with van der Waals surface area (Å²) in [6.07, 6.45) is 0. The summed E-state index contributed by atoms with van der Waals surface area (Å²) >= 11 is 1.21. The second-order valence-electron chi connectivity index (χ2n) is 5.90. The lowest BCUT2D eigenvalue weighted by Gasteiger charge is -2.03. The quantitative estimate of drug-likeness (QED) is 0.682. The summed E-state index contributed by atoms with van der Waals surface area (Å²) in [5.74, 6) is -0.369. The van der Waals surface area contributed by atoms with Gasteiger partial charge < -0.3 is 5.32 Å². The Morgan fingerprint density at radius 3 is 2.16 bits per heavy atom. The number of thiazole rings is 1. The van der Waals surface area contributed by atoms with E-state index >= 15 is 0 Å². The minimum absolute atomic E-state index is 0.0954. The largest absolute Gasteiger partial charge is 0.302 e. The predicted molar refractivity (Wildman–Crippen MR) is 101 cm³/mol. The van der Waals surface area contributed by atoms with E-state index in [0.717, 1.165) is 5.56 Å². The molecule has 1 aromatic heterocycles. The molecule has 0 spiro atoms. The fraction of sp³-hybridized carbons (Fsp3) is 0.150. The first-order valence-corrected chi connectivity index (χ1v) is 8.84. The van der Waals surface area contributed by atoms with Crippen LogP contribution in [0.3, 0.4) is 0 Å². The van der Waals surface area contributed by atoms with Crippen molar-refractivity contribution >= 4 is 28.2 Å². The van der Waals surface area contributed by atoms with E-state index in [1.165, 1.54) is 11.3 Å². The zero-order valence-corrected chi connectivity index (χ0v) is 14.8. The van der Waals surface area contributed by atoms with E-state index < -0.39 is 0 Å². The lowest BCUT2D eigenvalue weighted by atomic mass is 10.1. The molecule has 0 aliphatic carbocycles. The molecule has 0 saturated heterocycles. The van der Waals surface area contributed by atoms with Crippen LogP contribution in [0, 0.1) is 5.92 Å². The second-order valence-corrected chi connectivity index (χ2v) is 6.90. The molecule has 1 amide bonds. The maximum absolute atomic E-state index is 12.9. The molecule has 0 radical (unpaired) electrons. The van der Waals surface area contributed by atoms with Crippen molar-refractivity contribution in [1.82, 2.24) is 4.98 Å². The van der Waals surface area contributed by atoms with Gasteiger partial charge in [-0.25, -0.2) is 4.98 Å². The Bertz CT molecular complexity index is 887. The fourth-order valence-corrected chi connectivity index (χ4v) is 3.24. The van der Waals surface area contributed by atoms with Gasteiger partial charge in [-0.3, -0.25) is 9.59 Å². The summed E-state index contributed by atoms with van der Waals surface area (Å²) in [5.41, 5.74) is 2.05. The summed E-state index contributed by atoms with van der Waals surface area (Å²) in [6.45, 7) is 3.63. The van der Waals surface area contributed by atoms with E-state index in [1.54, 1.807) is 12.1 Å². The van der Waals surface area contributed by atoms with Crippen LogP contribution in [0.1, 0.15) is 29.1 Å². The van der Waals surface area contributed by atoms with Crippen LogP contribution in [-0.4, -0.2) is 16.7 Å². The summed E-state index contributed by atoms with van der Waals surface area (Å²) < 4.78 is 0. The van der Waals surface area contributed by atoms with Gasteiger partial charge >= 0.3 is 0 Å². The molecule has 5 heteroatoms. The van der Waals surface area contributed by atoms with Gasteiger partial charge in [0.25, 0.3) is 0 Å². The molecular weight excluding hydrogens is 332 g/mol. The number of nitrogens with zero attached hydrogens (tertiary/aromatic N) is 1. The highest BCUT2D eigenvalue weighted by atomic mass is 32.1. The Labute approximate surface area is 150 Å². The first kappa shape index (κ1) is 17.0. The number of nitrogens with one attached hydrogen (secondary N) is 1. The molecule has 4 nitrogen and oxygen atoms in total. The van der Waals surface area contributed by atoms with Crippen LogP contribution in [0.5, 0.6) is 0 Å². The molecule has 0 aliphatic heterocycles. The van der Waals surface area contributed by atoms with Crippen LogP contribution >= 0.6 is 11.3 Å². The van der Waals surface area contributed by atoms with E-state index in [0.29, 0.717) is 21.3 Å². The van der Waals surface area contributed by atoms with Crippen LogP contribution < -0.4 is 5.32 Å². The van der Waals surface area contributed by atoms with Gasteiger partial charge in [0.05, 0.1) is 5.69 Å². The number of hydrogen-bond donors (Lipinski definition) is 1. The zero-order chi connectivity index (χ0) is 17.8. The van der Waals surface area contributed by atoms with Gasteiger partial charge in [-0.1, -0.05) is 85.8 Å². The molecule has 3 aromatic rings. The summed E-state index contributed by atoms with van der Waals surface area (Å²) in [6, 6.07) is 18.6. The maximum atomic E-state index is 12.9. The average Bonchev–Trinajstić information content (AvgIpc) is 3.06. The lowest BCUT2D eigenvalue weighted by Crippen LogP contribution is -2.17.